The van der Waals surface area contributed by atoms with E-state index in [-0.39, 0.29) is 6.04 Å². The molecule has 2 N–H and O–H groups in total. The molecule has 2 aromatic rings. The zero-order valence-electron chi connectivity index (χ0n) is 9.24. The molecule has 0 aliphatic rings. The molecular formula is C12H11FN4. The van der Waals surface area contributed by atoms with E-state index in [1.54, 1.807) is 18.3 Å². The summed E-state index contributed by atoms with van der Waals surface area (Å²) >= 11 is 0. The van der Waals surface area contributed by atoms with Gasteiger partial charge in [-0.1, -0.05) is 0 Å². The molecular weight excluding hydrogens is 219 g/mol. The van der Waals surface area contributed by atoms with Gasteiger partial charge in [0, 0.05) is 6.20 Å². The van der Waals surface area contributed by atoms with E-state index in [1.165, 1.54) is 6.07 Å². The monoisotopic (exact) mass is 230 g/mol. The molecule has 2 rings (SSSR count). The van der Waals surface area contributed by atoms with Gasteiger partial charge in [-0.15, -0.1) is 0 Å². The van der Waals surface area contributed by atoms with E-state index in [1.807, 2.05) is 19.1 Å². The average Bonchev–Trinajstić information content (AvgIpc) is 2.85. The summed E-state index contributed by atoms with van der Waals surface area (Å²) in [6.07, 6.45) is 1.64. The first-order chi connectivity index (χ1) is 8.20. The molecule has 17 heavy (non-hydrogen) atoms. The molecule has 0 saturated carbocycles. The predicted molar refractivity (Wildman–Crippen MR) is 61.7 cm³/mol. The highest BCUT2D eigenvalue weighted by atomic mass is 19.1. The maximum Gasteiger partial charge on any atom is 0.147 e. The lowest BCUT2D eigenvalue weighted by molar-refractivity contribution is 0.626. The average molecular weight is 230 g/mol. The minimum absolute atomic E-state index is 0.0834. The first kappa shape index (κ1) is 11.1. The Bertz CT molecular complexity index is 542. The number of nitriles is 1. The second-order valence-corrected chi connectivity index (χ2v) is 3.68. The van der Waals surface area contributed by atoms with Gasteiger partial charge in [0.15, 0.2) is 0 Å². The lowest BCUT2D eigenvalue weighted by Gasteiger charge is -2.14. The molecule has 0 aliphatic carbocycles. The van der Waals surface area contributed by atoms with Crippen LogP contribution >= 0.6 is 0 Å². The number of hydrogen-bond acceptors (Lipinski definition) is 3. The second-order valence-electron chi connectivity index (χ2n) is 3.68. The lowest BCUT2D eigenvalue weighted by atomic mass is 10.2. The minimum Gasteiger partial charge on any atom is -0.375 e. The third kappa shape index (κ3) is 2.42. The zero-order valence-corrected chi connectivity index (χ0v) is 9.24. The van der Waals surface area contributed by atoms with Crippen LogP contribution in [0.25, 0.3) is 0 Å². The molecule has 1 aromatic carbocycles. The van der Waals surface area contributed by atoms with Crippen LogP contribution in [0.5, 0.6) is 0 Å². The van der Waals surface area contributed by atoms with E-state index in [2.05, 4.69) is 15.5 Å². The van der Waals surface area contributed by atoms with Gasteiger partial charge in [0.05, 0.1) is 29.1 Å². The maximum absolute atomic E-state index is 13.6. The number of aromatic nitrogens is 2. The van der Waals surface area contributed by atoms with Crippen molar-refractivity contribution in [2.45, 2.75) is 13.0 Å². The summed E-state index contributed by atoms with van der Waals surface area (Å²) in [4.78, 5) is 0. The number of benzene rings is 1. The molecule has 0 amide bonds. The topological polar surface area (TPSA) is 64.5 Å². The molecule has 0 fully saturated rings. The van der Waals surface area contributed by atoms with Crippen molar-refractivity contribution in [2.24, 2.45) is 0 Å². The summed E-state index contributed by atoms with van der Waals surface area (Å²) in [5.41, 5.74) is 1.54. The molecule has 4 nitrogen and oxygen atoms in total. The molecule has 5 heteroatoms. The summed E-state index contributed by atoms with van der Waals surface area (Å²) in [5.74, 6) is -0.435. The summed E-state index contributed by atoms with van der Waals surface area (Å²) < 4.78 is 13.6. The molecule has 0 saturated heterocycles. The first-order valence-electron chi connectivity index (χ1n) is 5.16. The maximum atomic E-state index is 13.6. The quantitative estimate of drug-likeness (QED) is 0.851. The van der Waals surface area contributed by atoms with Crippen molar-refractivity contribution < 1.29 is 4.39 Å². The Balaban J connectivity index is 2.17. The highest BCUT2D eigenvalue weighted by Gasteiger charge is 2.09. The van der Waals surface area contributed by atoms with E-state index < -0.39 is 5.82 Å². The molecule has 0 aliphatic heterocycles. The summed E-state index contributed by atoms with van der Waals surface area (Å²) in [6, 6.07) is 7.97. The molecule has 1 atom stereocenters. The molecule has 1 aromatic heterocycles. The van der Waals surface area contributed by atoms with Gasteiger partial charge in [-0.05, 0) is 31.2 Å². The number of nitrogens with zero attached hydrogens (tertiary/aromatic N) is 2. The number of hydrogen-bond donors (Lipinski definition) is 2. The van der Waals surface area contributed by atoms with Crippen molar-refractivity contribution in [2.75, 3.05) is 5.32 Å². The summed E-state index contributed by atoms with van der Waals surface area (Å²) in [6.45, 7) is 1.89. The van der Waals surface area contributed by atoms with Crippen LogP contribution in [0.1, 0.15) is 24.2 Å². The van der Waals surface area contributed by atoms with Crippen LogP contribution in [-0.4, -0.2) is 10.2 Å². The fraction of sp³-hybridized carbons (Fsp3) is 0.167. The van der Waals surface area contributed by atoms with Crippen molar-refractivity contribution in [3.05, 3.63) is 47.5 Å². The molecule has 86 valence electrons. The van der Waals surface area contributed by atoms with Gasteiger partial charge in [0.2, 0.25) is 0 Å². The smallest absolute Gasteiger partial charge is 0.147 e. The fourth-order valence-electron chi connectivity index (χ4n) is 1.52. The van der Waals surface area contributed by atoms with Crippen LogP contribution in [0, 0.1) is 17.1 Å². The molecule has 0 radical (unpaired) electrons. The van der Waals surface area contributed by atoms with Crippen molar-refractivity contribution in [1.29, 1.82) is 5.26 Å². The van der Waals surface area contributed by atoms with Crippen molar-refractivity contribution in [1.82, 2.24) is 10.2 Å². The normalized spacial score (nSPS) is 11.8. The third-order valence-corrected chi connectivity index (χ3v) is 2.46. The van der Waals surface area contributed by atoms with Gasteiger partial charge in [-0.3, -0.25) is 5.10 Å². The Kier molecular flexibility index (Phi) is 3.06. The minimum atomic E-state index is -0.435. The number of halogens is 1. The van der Waals surface area contributed by atoms with Crippen LogP contribution in [0.15, 0.2) is 30.5 Å². The first-order valence-corrected chi connectivity index (χ1v) is 5.16. The van der Waals surface area contributed by atoms with Crippen LogP contribution in [0.2, 0.25) is 0 Å². The number of rotatable bonds is 3. The van der Waals surface area contributed by atoms with E-state index in [0.717, 1.165) is 5.69 Å². The number of aromatic amines is 1. The van der Waals surface area contributed by atoms with Gasteiger partial charge in [-0.2, -0.15) is 10.4 Å². The van der Waals surface area contributed by atoms with E-state index in [9.17, 15) is 4.39 Å². The molecule has 0 spiro atoms. The van der Waals surface area contributed by atoms with Gasteiger partial charge < -0.3 is 5.32 Å². The standard InChI is InChI=1S/C12H11FN4/c1-8(11-4-5-15-17-11)16-12-3-2-9(7-14)6-10(12)13/h2-6,8,16H,1H3,(H,15,17). The van der Waals surface area contributed by atoms with Crippen molar-refractivity contribution in [3.8, 4) is 6.07 Å². The molecule has 0 bridgehead atoms. The Hall–Kier alpha value is -2.35. The summed E-state index contributed by atoms with van der Waals surface area (Å²) in [5, 5.41) is 18.3. The van der Waals surface area contributed by atoms with Crippen molar-refractivity contribution in [3.63, 3.8) is 0 Å². The Morgan fingerprint density at radius 3 is 2.88 bits per heavy atom. The fourth-order valence-corrected chi connectivity index (χ4v) is 1.52. The number of anilines is 1. The van der Waals surface area contributed by atoms with Crippen LogP contribution < -0.4 is 5.32 Å². The number of nitrogens with one attached hydrogen (secondary N) is 2. The Labute approximate surface area is 98.1 Å². The molecule has 1 unspecified atom stereocenters. The second kappa shape index (κ2) is 4.66. The SMILES string of the molecule is CC(Nc1ccc(C#N)cc1F)c1ccn[nH]1. The zero-order chi connectivity index (χ0) is 12.3. The Morgan fingerprint density at radius 1 is 1.47 bits per heavy atom. The molecule has 1 heterocycles. The highest BCUT2D eigenvalue weighted by Crippen LogP contribution is 2.21. The largest absolute Gasteiger partial charge is 0.375 e. The van der Waals surface area contributed by atoms with Crippen molar-refractivity contribution >= 4 is 5.69 Å². The lowest BCUT2D eigenvalue weighted by Crippen LogP contribution is -2.08. The number of H-pyrrole nitrogens is 1. The predicted octanol–water partition coefficient (Wildman–Crippen LogP) is 2.59. The Morgan fingerprint density at radius 2 is 2.29 bits per heavy atom. The van der Waals surface area contributed by atoms with E-state index in [0.29, 0.717) is 11.3 Å². The van der Waals surface area contributed by atoms with Crippen LogP contribution in [0.4, 0.5) is 10.1 Å². The van der Waals surface area contributed by atoms with E-state index in [4.69, 9.17) is 5.26 Å². The van der Waals surface area contributed by atoms with Gasteiger partial charge >= 0.3 is 0 Å². The third-order valence-electron chi connectivity index (χ3n) is 2.46. The van der Waals surface area contributed by atoms with Gasteiger partial charge in [-0.25, -0.2) is 4.39 Å². The highest BCUT2D eigenvalue weighted by molar-refractivity contribution is 5.49. The van der Waals surface area contributed by atoms with Gasteiger partial charge in [0.1, 0.15) is 5.82 Å². The van der Waals surface area contributed by atoms with Crippen LogP contribution in [-0.2, 0) is 0 Å². The summed E-state index contributed by atoms with van der Waals surface area (Å²) in [7, 11) is 0. The van der Waals surface area contributed by atoms with E-state index >= 15 is 0 Å². The van der Waals surface area contributed by atoms with Gasteiger partial charge in [0.25, 0.3) is 0 Å². The van der Waals surface area contributed by atoms with Crippen LogP contribution in [0.3, 0.4) is 0 Å².